The van der Waals surface area contributed by atoms with Crippen LogP contribution in [0.5, 0.6) is 5.75 Å². The molecule has 1 aliphatic heterocycles. The molecule has 0 spiro atoms. The van der Waals surface area contributed by atoms with Gasteiger partial charge in [0.25, 0.3) is 11.7 Å². The van der Waals surface area contributed by atoms with Gasteiger partial charge in [0.05, 0.1) is 18.2 Å². The lowest BCUT2D eigenvalue weighted by atomic mass is 9.92. The van der Waals surface area contributed by atoms with Crippen molar-refractivity contribution >= 4 is 40.4 Å². The van der Waals surface area contributed by atoms with Crippen molar-refractivity contribution < 1.29 is 19.4 Å². The molecule has 2 aromatic rings. The summed E-state index contributed by atoms with van der Waals surface area (Å²) in [4.78, 5) is 29.0. The fourth-order valence-electron chi connectivity index (χ4n) is 4.52. The Kier molecular flexibility index (Phi) is 5.89. The van der Waals surface area contributed by atoms with Gasteiger partial charge in [-0.2, -0.15) is 0 Å². The van der Waals surface area contributed by atoms with Gasteiger partial charge in [-0.05, 0) is 55.0 Å². The number of hydrogen-bond acceptors (Lipinski definition) is 5. The number of halogens is 1. The average Bonchev–Trinajstić information content (AvgIpc) is 3.28. The van der Waals surface area contributed by atoms with E-state index in [1.54, 1.807) is 23.1 Å². The van der Waals surface area contributed by atoms with E-state index in [0.717, 1.165) is 42.5 Å². The van der Waals surface area contributed by atoms with Gasteiger partial charge in [-0.3, -0.25) is 9.59 Å². The number of carbonyl (C=O) groups is 2. The number of methoxy groups -OCH3 is 1. The highest BCUT2D eigenvalue weighted by Crippen LogP contribution is 2.46. The first-order chi connectivity index (χ1) is 14.4. The van der Waals surface area contributed by atoms with Gasteiger partial charge in [0.1, 0.15) is 17.6 Å². The molecule has 30 heavy (non-hydrogen) atoms. The van der Waals surface area contributed by atoms with Crippen LogP contribution in [0, 0.1) is 6.92 Å². The maximum atomic E-state index is 13.2. The molecule has 2 aliphatic rings. The summed E-state index contributed by atoms with van der Waals surface area (Å²) in [5.41, 5.74) is 1.42. The van der Waals surface area contributed by atoms with Crippen LogP contribution in [-0.2, 0) is 9.59 Å². The minimum absolute atomic E-state index is 0.00624. The molecule has 0 radical (unpaired) electrons. The Labute approximate surface area is 184 Å². The maximum absolute atomic E-state index is 13.2. The van der Waals surface area contributed by atoms with Crippen molar-refractivity contribution in [3.8, 4) is 5.75 Å². The van der Waals surface area contributed by atoms with Gasteiger partial charge < -0.3 is 14.7 Å². The highest BCUT2D eigenvalue weighted by Gasteiger charge is 2.49. The summed E-state index contributed by atoms with van der Waals surface area (Å²) in [7, 11) is 1.49. The van der Waals surface area contributed by atoms with E-state index in [0.29, 0.717) is 16.3 Å². The Hall–Kier alpha value is -2.31. The summed E-state index contributed by atoms with van der Waals surface area (Å²) in [6.45, 7) is 1.97. The second-order valence-electron chi connectivity index (χ2n) is 7.81. The number of rotatable bonds is 4. The molecule has 1 saturated carbocycles. The van der Waals surface area contributed by atoms with Crippen molar-refractivity contribution in [2.24, 2.45) is 0 Å². The monoisotopic (exact) mass is 445 g/mol. The topological polar surface area (TPSA) is 66.8 Å². The maximum Gasteiger partial charge on any atom is 0.295 e. The van der Waals surface area contributed by atoms with Crippen LogP contribution < -0.4 is 4.74 Å². The van der Waals surface area contributed by atoms with Crippen LogP contribution in [0.3, 0.4) is 0 Å². The van der Waals surface area contributed by atoms with Crippen molar-refractivity contribution in [3.63, 3.8) is 0 Å². The molecular formula is C23H24ClNO4S. The van der Waals surface area contributed by atoms with E-state index in [1.165, 1.54) is 18.4 Å². The highest BCUT2D eigenvalue weighted by molar-refractivity contribution is 7.10. The van der Waals surface area contributed by atoms with E-state index in [2.05, 4.69) is 0 Å². The number of nitrogens with zero attached hydrogens (tertiary/aromatic N) is 1. The third-order valence-corrected chi connectivity index (χ3v) is 7.32. The third-order valence-electron chi connectivity index (χ3n) is 6.01. The molecule has 4 rings (SSSR count). The molecule has 0 bridgehead atoms. The number of carbonyl (C=O) groups excluding carboxylic acids is 2. The lowest BCUT2D eigenvalue weighted by molar-refractivity contribution is -0.141. The SMILES string of the molecule is COc1ccc(Cl)cc1/C(O)=C1\C(=O)C(=O)N(C2CCCCC2)C1c1sccc1C. The van der Waals surface area contributed by atoms with E-state index in [4.69, 9.17) is 16.3 Å². The Morgan fingerprint density at radius 1 is 1.20 bits per heavy atom. The number of amides is 1. The molecule has 1 unspecified atom stereocenters. The number of Topliss-reactive ketones (excluding diaryl/α,β-unsaturated/α-hetero) is 1. The number of aliphatic hydroxyl groups is 1. The number of hydrogen-bond donors (Lipinski definition) is 1. The Morgan fingerprint density at radius 2 is 1.93 bits per heavy atom. The first kappa shape index (κ1) is 20.9. The smallest absolute Gasteiger partial charge is 0.295 e. The van der Waals surface area contributed by atoms with Crippen molar-refractivity contribution in [2.75, 3.05) is 7.11 Å². The largest absolute Gasteiger partial charge is 0.507 e. The van der Waals surface area contributed by atoms with Gasteiger partial charge in [-0.25, -0.2) is 0 Å². The summed E-state index contributed by atoms with van der Waals surface area (Å²) in [5.74, 6) is -1.05. The van der Waals surface area contributed by atoms with Crippen molar-refractivity contribution in [3.05, 3.63) is 56.2 Å². The first-order valence-corrected chi connectivity index (χ1v) is 11.4. The minimum atomic E-state index is -0.655. The van der Waals surface area contributed by atoms with E-state index < -0.39 is 17.7 Å². The van der Waals surface area contributed by atoms with E-state index in [1.807, 2.05) is 18.4 Å². The third kappa shape index (κ3) is 3.52. The molecule has 5 nitrogen and oxygen atoms in total. The predicted octanol–water partition coefficient (Wildman–Crippen LogP) is 5.47. The summed E-state index contributed by atoms with van der Waals surface area (Å²) in [5, 5.41) is 13.6. The van der Waals surface area contributed by atoms with Gasteiger partial charge >= 0.3 is 0 Å². The number of likely N-dealkylation sites (tertiary alicyclic amines) is 1. The van der Waals surface area contributed by atoms with Crippen LogP contribution in [0.2, 0.25) is 5.02 Å². The standard InChI is InChI=1S/C23H24ClNO4S/c1-13-10-11-30-22(13)19-18(20(26)16-12-14(24)8-9-17(16)29-2)21(27)23(28)25(19)15-6-4-3-5-7-15/h8-12,15,19,26H,3-7H2,1-2H3/b20-18+. The second-order valence-corrected chi connectivity index (χ2v) is 9.19. The normalized spacial score (nSPS) is 22.0. The van der Waals surface area contributed by atoms with Gasteiger partial charge in [-0.1, -0.05) is 30.9 Å². The molecule has 1 amide bonds. The molecule has 7 heteroatoms. The fourth-order valence-corrected chi connectivity index (χ4v) is 5.72. The number of aryl methyl sites for hydroxylation is 1. The predicted molar refractivity (Wildman–Crippen MR) is 118 cm³/mol. The molecule has 1 atom stereocenters. The van der Waals surface area contributed by atoms with Gasteiger partial charge in [-0.15, -0.1) is 11.3 Å². The van der Waals surface area contributed by atoms with E-state index in [9.17, 15) is 14.7 Å². The number of ketones is 1. The Bertz CT molecular complexity index is 1020. The van der Waals surface area contributed by atoms with Crippen molar-refractivity contribution in [2.45, 2.75) is 51.1 Å². The summed E-state index contributed by atoms with van der Waals surface area (Å²) >= 11 is 7.65. The molecule has 1 saturated heterocycles. The molecule has 1 aliphatic carbocycles. The summed E-state index contributed by atoms with van der Waals surface area (Å²) in [6, 6.07) is 6.21. The molecular weight excluding hydrogens is 422 g/mol. The van der Waals surface area contributed by atoms with Crippen molar-refractivity contribution in [1.82, 2.24) is 4.90 Å². The van der Waals surface area contributed by atoms with Gasteiger partial charge in [0.15, 0.2) is 0 Å². The van der Waals surface area contributed by atoms with Crippen LogP contribution in [0.25, 0.3) is 5.76 Å². The van der Waals surface area contributed by atoms with Gasteiger partial charge in [0.2, 0.25) is 0 Å². The first-order valence-electron chi connectivity index (χ1n) is 10.1. The zero-order chi connectivity index (χ0) is 21.4. The highest BCUT2D eigenvalue weighted by atomic mass is 35.5. The van der Waals surface area contributed by atoms with Crippen LogP contribution in [0.15, 0.2) is 35.2 Å². The van der Waals surface area contributed by atoms with Crippen LogP contribution >= 0.6 is 22.9 Å². The van der Waals surface area contributed by atoms with Crippen LogP contribution in [0.4, 0.5) is 0 Å². The number of benzene rings is 1. The van der Waals surface area contributed by atoms with Crippen molar-refractivity contribution in [1.29, 1.82) is 0 Å². The molecule has 1 aromatic carbocycles. The number of aliphatic hydroxyl groups excluding tert-OH is 1. The Balaban J connectivity index is 1.92. The zero-order valence-corrected chi connectivity index (χ0v) is 18.6. The number of ether oxygens (including phenoxy) is 1. The second kappa shape index (κ2) is 8.44. The molecule has 1 aromatic heterocycles. The summed E-state index contributed by atoms with van der Waals surface area (Å²) < 4.78 is 5.38. The molecule has 1 N–H and O–H groups in total. The average molecular weight is 446 g/mol. The zero-order valence-electron chi connectivity index (χ0n) is 17.0. The lowest BCUT2D eigenvalue weighted by Gasteiger charge is -2.35. The lowest BCUT2D eigenvalue weighted by Crippen LogP contribution is -2.40. The van der Waals surface area contributed by atoms with Crippen LogP contribution in [-0.4, -0.2) is 34.8 Å². The minimum Gasteiger partial charge on any atom is -0.507 e. The summed E-state index contributed by atoms with van der Waals surface area (Å²) in [6.07, 6.45) is 4.95. The fraction of sp³-hybridized carbons (Fsp3) is 0.391. The van der Waals surface area contributed by atoms with E-state index >= 15 is 0 Å². The van der Waals surface area contributed by atoms with Crippen LogP contribution in [0.1, 0.15) is 54.1 Å². The number of thiophene rings is 1. The molecule has 2 fully saturated rings. The Morgan fingerprint density at radius 3 is 2.57 bits per heavy atom. The van der Waals surface area contributed by atoms with E-state index in [-0.39, 0.29) is 17.4 Å². The van der Waals surface area contributed by atoms with Gasteiger partial charge in [0, 0.05) is 15.9 Å². The quantitative estimate of drug-likeness (QED) is 0.384. The molecule has 2 heterocycles. The molecule has 158 valence electrons.